The topological polar surface area (TPSA) is 62.7 Å². The molecule has 1 aliphatic rings. The maximum Gasteiger partial charge on any atom is 0.309 e. The SMILES string of the molecule is COc1ccc2ncc(F)c(CCCC3(C(=O)O)CCN(CCCc4ccccc4)CC3)c2c1. The fourth-order valence-electron chi connectivity index (χ4n) is 5.11. The Labute approximate surface area is 200 Å². The molecule has 1 aliphatic heterocycles. The number of rotatable bonds is 10. The summed E-state index contributed by atoms with van der Waals surface area (Å²) < 4.78 is 19.9. The lowest BCUT2D eigenvalue weighted by Crippen LogP contribution is -2.44. The molecule has 4 rings (SSSR count). The van der Waals surface area contributed by atoms with Crippen molar-refractivity contribution < 1.29 is 19.0 Å². The van der Waals surface area contributed by atoms with Gasteiger partial charge in [-0.3, -0.25) is 9.78 Å². The van der Waals surface area contributed by atoms with Crippen LogP contribution < -0.4 is 4.74 Å². The molecule has 0 aliphatic carbocycles. The summed E-state index contributed by atoms with van der Waals surface area (Å²) in [6, 6.07) is 15.9. The van der Waals surface area contributed by atoms with Gasteiger partial charge in [-0.15, -0.1) is 0 Å². The van der Waals surface area contributed by atoms with Gasteiger partial charge in [0.25, 0.3) is 0 Å². The summed E-state index contributed by atoms with van der Waals surface area (Å²) in [6.07, 6.45) is 6.29. The van der Waals surface area contributed by atoms with Crippen molar-refractivity contribution in [1.29, 1.82) is 0 Å². The molecule has 34 heavy (non-hydrogen) atoms. The van der Waals surface area contributed by atoms with Crippen molar-refractivity contribution in [3.8, 4) is 5.75 Å². The summed E-state index contributed by atoms with van der Waals surface area (Å²) in [6.45, 7) is 2.58. The van der Waals surface area contributed by atoms with E-state index in [1.807, 2.05) is 24.3 Å². The Morgan fingerprint density at radius 1 is 1.12 bits per heavy atom. The predicted octanol–water partition coefficient (Wildman–Crippen LogP) is 5.50. The quantitative estimate of drug-likeness (QED) is 0.429. The number of carbonyl (C=O) groups is 1. The largest absolute Gasteiger partial charge is 0.497 e. The number of fused-ring (bicyclic) bond motifs is 1. The van der Waals surface area contributed by atoms with Crippen LogP contribution in [0.2, 0.25) is 0 Å². The number of methoxy groups -OCH3 is 1. The number of likely N-dealkylation sites (tertiary alicyclic amines) is 1. The van der Waals surface area contributed by atoms with E-state index >= 15 is 0 Å². The third-order valence-corrected chi connectivity index (χ3v) is 7.27. The Balaban J connectivity index is 1.34. The standard InChI is InChI=1S/C28H33FN2O3/c1-34-22-11-12-26-24(19-22)23(25(29)20-30-26)10-5-13-28(27(32)33)14-17-31(18-15-28)16-6-9-21-7-3-2-4-8-21/h2-4,7-8,11-12,19-20H,5-6,9-10,13-18H2,1H3,(H,32,33). The second-order valence-electron chi connectivity index (χ2n) is 9.34. The fourth-order valence-corrected chi connectivity index (χ4v) is 5.11. The van der Waals surface area contributed by atoms with Gasteiger partial charge >= 0.3 is 5.97 Å². The van der Waals surface area contributed by atoms with E-state index in [4.69, 9.17) is 4.74 Å². The van der Waals surface area contributed by atoms with Crippen LogP contribution in [0.5, 0.6) is 5.75 Å². The zero-order chi connectivity index (χ0) is 24.0. The van der Waals surface area contributed by atoms with Crippen LogP contribution in [0.25, 0.3) is 10.9 Å². The van der Waals surface area contributed by atoms with Gasteiger partial charge in [-0.2, -0.15) is 0 Å². The Hall–Kier alpha value is -2.99. The van der Waals surface area contributed by atoms with Crippen molar-refractivity contribution in [1.82, 2.24) is 9.88 Å². The first kappa shape index (κ1) is 24.1. The first-order valence-corrected chi connectivity index (χ1v) is 12.1. The summed E-state index contributed by atoms with van der Waals surface area (Å²) in [5.74, 6) is -0.417. The van der Waals surface area contributed by atoms with Crippen LogP contribution in [-0.2, 0) is 17.6 Å². The van der Waals surface area contributed by atoms with E-state index in [1.54, 1.807) is 7.11 Å². The number of hydrogen-bond acceptors (Lipinski definition) is 4. The Kier molecular flexibility index (Phi) is 7.78. The molecule has 0 radical (unpaired) electrons. The van der Waals surface area contributed by atoms with E-state index in [2.05, 4.69) is 34.1 Å². The third kappa shape index (κ3) is 5.55. The number of aryl methyl sites for hydroxylation is 2. The molecule has 5 nitrogen and oxygen atoms in total. The molecule has 1 N–H and O–H groups in total. The third-order valence-electron chi connectivity index (χ3n) is 7.27. The van der Waals surface area contributed by atoms with Crippen LogP contribution in [0.3, 0.4) is 0 Å². The Bertz CT molecular complexity index is 1110. The minimum absolute atomic E-state index is 0.349. The molecule has 0 saturated carbocycles. The first-order valence-electron chi connectivity index (χ1n) is 12.1. The van der Waals surface area contributed by atoms with Gasteiger partial charge < -0.3 is 14.7 Å². The molecular formula is C28H33FN2O3. The molecule has 1 saturated heterocycles. The maximum atomic E-state index is 14.6. The van der Waals surface area contributed by atoms with Crippen LogP contribution in [0, 0.1) is 11.2 Å². The molecule has 0 bridgehead atoms. The number of ether oxygens (including phenoxy) is 1. The van der Waals surface area contributed by atoms with Gasteiger partial charge in [0, 0.05) is 5.39 Å². The molecule has 2 heterocycles. The van der Waals surface area contributed by atoms with Gasteiger partial charge in [0.1, 0.15) is 11.6 Å². The van der Waals surface area contributed by atoms with E-state index in [0.29, 0.717) is 48.9 Å². The van der Waals surface area contributed by atoms with Gasteiger partial charge in [0.05, 0.1) is 24.2 Å². The van der Waals surface area contributed by atoms with E-state index in [1.165, 1.54) is 11.8 Å². The zero-order valence-electron chi connectivity index (χ0n) is 19.8. The Morgan fingerprint density at radius 3 is 2.59 bits per heavy atom. The molecule has 2 aromatic carbocycles. The summed E-state index contributed by atoms with van der Waals surface area (Å²) in [5, 5.41) is 10.8. The first-order chi connectivity index (χ1) is 16.5. The average molecular weight is 465 g/mol. The van der Waals surface area contributed by atoms with Crippen molar-refractivity contribution in [2.24, 2.45) is 5.41 Å². The number of nitrogens with zero attached hydrogens (tertiary/aromatic N) is 2. The van der Waals surface area contributed by atoms with Crippen LogP contribution in [0.4, 0.5) is 4.39 Å². The molecule has 0 unspecified atom stereocenters. The van der Waals surface area contributed by atoms with E-state index in [9.17, 15) is 14.3 Å². The van der Waals surface area contributed by atoms with Gasteiger partial charge in [-0.05, 0) is 93.9 Å². The van der Waals surface area contributed by atoms with Gasteiger partial charge in [0.15, 0.2) is 0 Å². The van der Waals surface area contributed by atoms with Gasteiger partial charge in [-0.1, -0.05) is 30.3 Å². The summed E-state index contributed by atoms with van der Waals surface area (Å²) >= 11 is 0. The van der Waals surface area contributed by atoms with Crippen molar-refractivity contribution in [2.75, 3.05) is 26.7 Å². The minimum atomic E-state index is -0.729. The van der Waals surface area contributed by atoms with Gasteiger partial charge in [0.2, 0.25) is 0 Å². The predicted molar refractivity (Wildman–Crippen MR) is 132 cm³/mol. The molecule has 0 amide bonds. The summed E-state index contributed by atoms with van der Waals surface area (Å²) in [5.41, 5.74) is 1.91. The smallest absolute Gasteiger partial charge is 0.309 e. The highest BCUT2D eigenvalue weighted by Crippen LogP contribution is 2.37. The second-order valence-corrected chi connectivity index (χ2v) is 9.34. The van der Waals surface area contributed by atoms with Crippen molar-refractivity contribution >= 4 is 16.9 Å². The Morgan fingerprint density at radius 2 is 1.88 bits per heavy atom. The number of aromatic nitrogens is 1. The lowest BCUT2D eigenvalue weighted by atomic mass is 9.74. The molecular weight excluding hydrogens is 431 g/mol. The summed E-state index contributed by atoms with van der Waals surface area (Å²) in [4.78, 5) is 18.8. The lowest BCUT2D eigenvalue weighted by Gasteiger charge is -2.39. The van der Waals surface area contributed by atoms with Crippen LogP contribution >= 0.6 is 0 Å². The molecule has 0 atom stereocenters. The van der Waals surface area contributed by atoms with Crippen molar-refractivity contribution in [3.63, 3.8) is 0 Å². The number of piperidine rings is 1. The average Bonchev–Trinajstić information content (AvgIpc) is 2.86. The minimum Gasteiger partial charge on any atom is -0.497 e. The van der Waals surface area contributed by atoms with Crippen LogP contribution in [0.1, 0.15) is 43.2 Å². The molecule has 3 aromatic rings. The van der Waals surface area contributed by atoms with Crippen molar-refractivity contribution in [2.45, 2.75) is 44.9 Å². The number of carboxylic acids is 1. The molecule has 0 spiro atoms. The van der Waals surface area contributed by atoms with E-state index < -0.39 is 11.4 Å². The molecule has 1 aromatic heterocycles. The zero-order valence-corrected chi connectivity index (χ0v) is 19.8. The highest BCUT2D eigenvalue weighted by molar-refractivity contribution is 5.83. The second kappa shape index (κ2) is 11.0. The number of pyridine rings is 1. The number of aliphatic carboxylic acids is 1. The number of hydrogen-bond donors (Lipinski definition) is 1. The highest BCUT2D eigenvalue weighted by atomic mass is 19.1. The normalized spacial score (nSPS) is 15.9. The fraction of sp³-hybridized carbons (Fsp3) is 0.429. The molecule has 1 fully saturated rings. The highest BCUT2D eigenvalue weighted by Gasteiger charge is 2.40. The molecule has 180 valence electrons. The van der Waals surface area contributed by atoms with Crippen molar-refractivity contribution in [3.05, 3.63) is 71.7 Å². The number of carboxylic acid groups (broad SMARTS) is 1. The number of benzene rings is 2. The van der Waals surface area contributed by atoms with Crippen LogP contribution in [-0.4, -0.2) is 47.7 Å². The van der Waals surface area contributed by atoms with Gasteiger partial charge in [-0.25, -0.2) is 4.39 Å². The summed E-state index contributed by atoms with van der Waals surface area (Å²) in [7, 11) is 1.58. The van der Waals surface area contributed by atoms with E-state index in [0.717, 1.165) is 37.9 Å². The monoisotopic (exact) mass is 464 g/mol. The number of halogens is 1. The molecule has 6 heteroatoms. The maximum absolute atomic E-state index is 14.6. The lowest BCUT2D eigenvalue weighted by molar-refractivity contribution is -0.152. The van der Waals surface area contributed by atoms with Crippen LogP contribution in [0.15, 0.2) is 54.7 Å². The van der Waals surface area contributed by atoms with E-state index in [-0.39, 0.29) is 5.82 Å².